The van der Waals surface area contributed by atoms with Crippen molar-refractivity contribution in [1.29, 1.82) is 0 Å². The molecule has 0 aliphatic carbocycles. The molecule has 10 heteroatoms. The third kappa shape index (κ3) is 3.93. The van der Waals surface area contributed by atoms with E-state index in [9.17, 15) is 18.8 Å². The molecule has 5 rings (SSSR count). The quantitative estimate of drug-likeness (QED) is 0.462. The van der Waals surface area contributed by atoms with Crippen LogP contribution >= 0.6 is 11.3 Å². The third-order valence-electron chi connectivity index (χ3n) is 6.14. The zero-order chi connectivity index (χ0) is 24.6. The number of amides is 2. The van der Waals surface area contributed by atoms with E-state index in [4.69, 9.17) is 9.47 Å². The van der Waals surface area contributed by atoms with Crippen LogP contribution in [0.4, 0.5) is 10.1 Å². The first-order valence-corrected chi connectivity index (χ1v) is 12.0. The monoisotopic (exact) mass is 495 g/mol. The van der Waals surface area contributed by atoms with Crippen LogP contribution in [0.25, 0.3) is 0 Å². The van der Waals surface area contributed by atoms with E-state index < -0.39 is 11.6 Å². The minimum Gasteiger partial charge on any atom is -0.486 e. The second-order valence-corrected chi connectivity index (χ2v) is 9.11. The fraction of sp³-hybridized carbons (Fsp3) is 0.280. The number of benzene rings is 2. The van der Waals surface area contributed by atoms with E-state index in [-0.39, 0.29) is 50.2 Å². The van der Waals surface area contributed by atoms with Crippen LogP contribution in [0.2, 0.25) is 0 Å². The van der Waals surface area contributed by atoms with Gasteiger partial charge in [-0.3, -0.25) is 14.5 Å². The molecule has 1 atom stereocenters. The highest BCUT2D eigenvalue weighted by Crippen LogP contribution is 2.45. The first-order valence-electron chi connectivity index (χ1n) is 11.2. The molecule has 2 aliphatic heterocycles. The average molecular weight is 496 g/mol. The molecule has 1 aromatic heterocycles. The Balaban J connectivity index is 1.32. The van der Waals surface area contributed by atoms with Gasteiger partial charge in [-0.15, -0.1) is 11.3 Å². The number of esters is 1. The average Bonchev–Trinajstić information content (AvgIpc) is 3.47. The van der Waals surface area contributed by atoms with Gasteiger partial charge < -0.3 is 14.4 Å². The third-order valence-corrected chi connectivity index (χ3v) is 7.01. The summed E-state index contributed by atoms with van der Waals surface area (Å²) in [7, 11) is 0. The Morgan fingerprint density at radius 2 is 1.91 bits per heavy atom. The van der Waals surface area contributed by atoms with Crippen molar-refractivity contribution in [2.24, 2.45) is 0 Å². The number of carbonyl (C=O) groups is 3. The van der Waals surface area contributed by atoms with Gasteiger partial charge >= 0.3 is 5.97 Å². The van der Waals surface area contributed by atoms with Crippen LogP contribution in [0.15, 0.2) is 53.9 Å². The molecule has 3 aromatic rings. The van der Waals surface area contributed by atoms with E-state index >= 15 is 0 Å². The number of hydrogen-bond donors (Lipinski definition) is 0. The SMILES string of the molecule is CCN1C(=O)c2ccccc2N2C(=O)CCC12C(=O)OCc1csc(COc2ccc(F)cc2)n1. The van der Waals surface area contributed by atoms with Crippen LogP contribution in [0, 0.1) is 5.82 Å². The molecule has 0 spiro atoms. The van der Waals surface area contributed by atoms with E-state index in [1.165, 1.54) is 45.4 Å². The van der Waals surface area contributed by atoms with Crippen molar-refractivity contribution in [3.63, 3.8) is 0 Å². The van der Waals surface area contributed by atoms with Crippen molar-refractivity contribution in [1.82, 2.24) is 9.88 Å². The molecule has 0 radical (unpaired) electrons. The Kier molecular flexibility index (Phi) is 5.98. The molecule has 1 fully saturated rings. The van der Waals surface area contributed by atoms with Crippen LogP contribution < -0.4 is 9.64 Å². The van der Waals surface area contributed by atoms with Crippen molar-refractivity contribution in [3.05, 3.63) is 76.0 Å². The van der Waals surface area contributed by atoms with Gasteiger partial charge in [-0.2, -0.15) is 0 Å². The summed E-state index contributed by atoms with van der Waals surface area (Å²) in [4.78, 5) is 46.9. The number of hydrogen-bond acceptors (Lipinski definition) is 7. The predicted octanol–water partition coefficient (Wildman–Crippen LogP) is 3.90. The number of para-hydroxylation sites is 1. The number of rotatable bonds is 7. The molecule has 8 nitrogen and oxygen atoms in total. The number of thiazole rings is 1. The van der Waals surface area contributed by atoms with Gasteiger partial charge in [-0.05, 0) is 43.3 Å². The second kappa shape index (κ2) is 9.10. The molecule has 180 valence electrons. The molecule has 1 unspecified atom stereocenters. The number of halogens is 1. The van der Waals surface area contributed by atoms with Gasteiger partial charge in [0.25, 0.3) is 5.91 Å². The number of aromatic nitrogens is 1. The fourth-order valence-electron chi connectivity index (χ4n) is 4.58. The highest BCUT2D eigenvalue weighted by molar-refractivity contribution is 7.09. The molecule has 0 N–H and O–H groups in total. The number of nitrogens with zero attached hydrogens (tertiary/aromatic N) is 3. The first kappa shape index (κ1) is 23.0. The van der Waals surface area contributed by atoms with Crippen molar-refractivity contribution in [2.75, 3.05) is 11.4 Å². The summed E-state index contributed by atoms with van der Waals surface area (Å²) in [5.41, 5.74) is -0.172. The summed E-state index contributed by atoms with van der Waals surface area (Å²) >= 11 is 1.34. The zero-order valence-corrected chi connectivity index (χ0v) is 19.7. The maximum atomic E-state index is 13.5. The van der Waals surface area contributed by atoms with E-state index in [1.807, 2.05) is 0 Å². The first-order chi connectivity index (χ1) is 16.9. The van der Waals surface area contributed by atoms with E-state index in [1.54, 1.807) is 36.6 Å². The standard InChI is InChI=1S/C25H22FN3O5S/c1-2-28-23(31)19-5-3-4-6-20(19)29-22(30)11-12-25(28,29)24(32)34-13-17-15-35-21(27-17)14-33-18-9-7-16(26)8-10-18/h3-10,15H,2,11-14H2,1H3. The molecule has 2 aliphatic rings. The van der Waals surface area contributed by atoms with Crippen LogP contribution in [0.1, 0.15) is 40.8 Å². The van der Waals surface area contributed by atoms with Gasteiger partial charge in [0.1, 0.15) is 29.8 Å². The van der Waals surface area contributed by atoms with Crippen LogP contribution in [0.3, 0.4) is 0 Å². The molecule has 2 aromatic carbocycles. The summed E-state index contributed by atoms with van der Waals surface area (Å²) in [5.74, 6) is -1.02. The van der Waals surface area contributed by atoms with E-state index in [0.29, 0.717) is 27.7 Å². The summed E-state index contributed by atoms with van der Waals surface area (Å²) in [6.45, 7) is 2.09. The summed E-state index contributed by atoms with van der Waals surface area (Å²) in [6.07, 6.45) is 0.293. The van der Waals surface area contributed by atoms with Crippen LogP contribution in [-0.4, -0.2) is 39.9 Å². The van der Waals surface area contributed by atoms with Gasteiger partial charge in [-0.25, -0.2) is 14.2 Å². The Labute approximate surface area is 204 Å². The summed E-state index contributed by atoms with van der Waals surface area (Å²) < 4.78 is 24.3. The van der Waals surface area contributed by atoms with Crippen molar-refractivity contribution in [2.45, 2.75) is 38.6 Å². The lowest BCUT2D eigenvalue weighted by Crippen LogP contribution is -2.68. The zero-order valence-electron chi connectivity index (χ0n) is 18.9. The minimum atomic E-state index is -1.51. The van der Waals surface area contributed by atoms with Crippen molar-refractivity contribution < 1.29 is 28.2 Å². The highest BCUT2D eigenvalue weighted by atomic mass is 32.1. The largest absolute Gasteiger partial charge is 0.486 e. The molecule has 0 saturated carbocycles. The van der Waals surface area contributed by atoms with Gasteiger partial charge in [0, 0.05) is 24.8 Å². The summed E-state index contributed by atoms with van der Waals surface area (Å²) in [5, 5.41) is 2.42. The molecule has 1 saturated heterocycles. The number of ether oxygens (including phenoxy) is 2. The minimum absolute atomic E-state index is 0.108. The topological polar surface area (TPSA) is 89.0 Å². The number of fused-ring (bicyclic) bond motifs is 3. The Morgan fingerprint density at radius 1 is 1.14 bits per heavy atom. The van der Waals surface area contributed by atoms with Gasteiger partial charge in [-0.1, -0.05) is 12.1 Å². The second-order valence-electron chi connectivity index (χ2n) is 8.16. The van der Waals surface area contributed by atoms with Gasteiger partial charge in [0.15, 0.2) is 0 Å². The van der Waals surface area contributed by atoms with Gasteiger partial charge in [0.2, 0.25) is 11.6 Å². The maximum absolute atomic E-state index is 13.5. The van der Waals surface area contributed by atoms with Crippen LogP contribution in [0.5, 0.6) is 5.75 Å². The molecular weight excluding hydrogens is 473 g/mol. The normalized spacial score (nSPS) is 18.9. The molecule has 3 heterocycles. The summed E-state index contributed by atoms with van der Waals surface area (Å²) in [6, 6.07) is 12.5. The maximum Gasteiger partial charge on any atom is 0.354 e. The number of carbonyl (C=O) groups excluding carboxylic acids is 3. The smallest absolute Gasteiger partial charge is 0.354 e. The lowest BCUT2D eigenvalue weighted by Gasteiger charge is -2.47. The molecule has 0 bridgehead atoms. The van der Waals surface area contributed by atoms with Gasteiger partial charge in [0.05, 0.1) is 16.9 Å². The highest BCUT2D eigenvalue weighted by Gasteiger charge is 2.61. The van der Waals surface area contributed by atoms with Crippen molar-refractivity contribution >= 4 is 34.8 Å². The molecule has 2 amide bonds. The Morgan fingerprint density at radius 3 is 2.69 bits per heavy atom. The molecule has 35 heavy (non-hydrogen) atoms. The van der Waals surface area contributed by atoms with Crippen LogP contribution in [-0.2, 0) is 27.5 Å². The van der Waals surface area contributed by atoms with E-state index in [2.05, 4.69) is 4.98 Å². The van der Waals surface area contributed by atoms with Crippen molar-refractivity contribution in [3.8, 4) is 5.75 Å². The number of likely N-dealkylation sites (N-methyl/N-ethyl adjacent to an activating group) is 1. The fourth-order valence-corrected chi connectivity index (χ4v) is 5.27. The lowest BCUT2D eigenvalue weighted by molar-refractivity contribution is -0.158. The lowest BCUT2D eigenvalue weighted by atomic mass is 9.96. The Bertz CT molecular complexity index is 1290. The predicted molar refractivity (Wildman–Crippen MR) is 125 cm³/mol. The Hall–Kier alpha value is -3.79. The molecular formula is C25H22FN3O5S. The number of anilines is 1. The van der Waals surface area contributed by atoms with E-state index in [0.717, 1.165) is 0 Å².